The SMILES string of the molecule is C=C/C=C\C(=C/C=C)c1nc(-c2ccccc2)nc(-n2c(CCC3CCCCCCC3)c(CCCC)c3ccccc32)n1. The molecule has 0 radical (unpaired) electrons. The van der Waals surface area contributed by atoms with Crippen LogP contribution in [0.15, 0.2) is 98.1 Å². The van der Waals surface area contributed by atoms with Crippen molar-refractivity contribution in [3.8, 4) is 17.3 Å². The highest BCUT2D eigenvalue weighted by Crippen LogP contribution is 2.34. The van der Waals surface area contributed by atoms with Crippen LogP contribution in [0.4, 0.5) is 0 Å². The van der Waals surface area contributed by atoms with E-state index in [-0.39, 0.29) is 0 Å². The summed E-state index contributed by atoms with van der Waals surface area (Å²) in [5, 5.41) is 1.32. The number of allylic oxidation sites excluding steroid dienone is 6. The Kier molecular flexibility index (Phi) is 10.9. The lowest BCUT2D eigenvalue weighted by molar-refractivity contribution is 0.357. The molecule has 5 rings (SSSR count). The van der Waals surface area contributed by atoms with Crippen molar-refractivity contribution in [2.45, 2.75) is 84.0 Å². The molecular formula is C39H46N4. The fourth-order valence-corrected chi connectivity index (χ4v) is 6.47. The molecule has 0 saturated heterocycles. The van der Waals surface area contributed by atoms with E-state index >= 15 is 0 Å². The number of para-hydroxylation sites is 1. The average Bonchev–Trinajstić information content (AvgIpc) is 3.34. The summed E-state index contributed by atoms with van der Waals surface area (Å²) in [7, 11) is 0. The summed E-state index contributed by atoms with van der Waals surface area (Å²) in [6, 6.07) is 19.0. The van der Waals surface area contributed by atoms with Crippen molar-refractivity contribution in [3.05, 3.63) is 115 Å². The second-order valence-electron chi connectivity index (χ2n) is 11.7. The van der Waals surface area contributed by atoms with Crippen molar-refractivity contribution >= 4 is 16.5 Å². The number of aryl methyl sites for hydroxylation is 1. The number of benzene rings is 2. The summed E-state index contributed by atoms with van der Waals surface area (Å²) in [6.07, 6.45) is 24.6. The first-order valence-corrected chi connectivity index (χ1v) is 16.3. The molecule has 0 atom stereocenters. The third-order valence-corrected chi connectivity index (χ3v) is 8.71. The van der Waals surface area contributed by atoms with Crippen LogP contribution >= 0.6 is 0 Å². The zero-order valence-corrected chi connectivity index (χ0v) is 25.8. The molecule has 4 aromatic rings. The molecule has 0 N–H and O–H groups in total. The highest BCUT2D eigenvalue weighted by atomic mass is 15.2. The summed E-state index contributed by atoms with van der Waals surface area (Å²) in [6.45, 7) is 10.1. The molecule has 1 fully saturated rings. The molecule has 43 heavy (non-hydrogen) atoms. The van der Waals surface area contributed by atoms with E-state index in [1.165, 1.54) is 86.4 Å². The van der Waals surface area contributed by atoms with E-state index in [1.54, 1.807) is 12.2 Å². The molecule has 0 spiro atoms. The number of aromatic nitrogens is 4. The maximum absolute atomic E-state index is 5.17. The van der Waals surface area contributed by atoms with E-state index in [0.29, 0.717) is 17.6 Å². The maximum Gasteiger partial charge on any atom is 0.238 e. The molecule has 2 aromatic carbocycles. The summed E-state index contributed by atoms with van der Waals surface area (Å²) in [4.78, 5) is 15.3. The number of nitrogens with zero attached hydrogens (tertiary/aromatic N) is 4. The predicted octanol–water partition coefficient (Wildman–Crippen LogP) is 10.4. The number of unbranched alkanes of at least 4 members (excludes halogenated alkanes) is 1. The third kappa shape index (κ3) is 7.48. The number of hydrogen-bond acceptors (Lipinski definition) is 3. The van der Waals surface area contributed by atoms with E-state index in [4.69, 9.17) is 15.0 Å². The van der Waals surface area contributed by atoms with Crippen molar-refractivity contribution in [1.29, 1.82) is 0 Å². The Hall–Kier alpha value is -4.05. The number of rotatable bonds is 12. The molecule has 0 bridgehead atoms. The molecular weight excluding hydrogens is 524 g/mol. The molecule has 222 valence electrons. The normalized spacial score (nSPS) is 15.0. The van der Waals surface area contributed by atoms with E-state index in [1.807, 2.05) is 36.4 Å². The van der Waals surface area contributed by atoms with Crippen LogP contribution in [-0.2, 0) is 12.8 Å². The van der Waals surface area contributed by atoms with Gasteiger partial charge in [-0.25, -0.2) is 4.98 Å². The molecule has 0 unspecified atom stereocenters. The van der Waals surface area contributed by atoms with Gasteiger partial charge in [0.25, 0.3) is 0 Å². The van der Waals surface area contributed by atoms with Crippen molar-refractivity contribution < 1.29 is 0 Å². The highest BCUT2D eigenvalue weighted by molar-refractivity contribution is 5.87. The van der Waals surface area contributed by atoms with Crippen molar-refractivity contribution in [2.75, 3.05) is 0 Å². The van der Waals surface area contributed by atoms with Gasteiger partial charge in [0.1, 0.15) is 0 Å². The third-order valence-electron chi connectivity index (χ3n) is 8.71. The quantitative estimate of drug-likeness (QED) is 0.159. The summed E-state index contributed by atoms with van der Waals surface area (Å²) in [5.41, 5.74) is 5.84. The summed E-state index contributed by atoms with van der Waals surface area (Å²) < 4.78 is 2.35. The topological polar surface area (TPSA) is 43.6 Å². The van der Waals surface area contributed by atoms with E-state index in [2.05, 4.69) is 61.0 Å². The first kappa shape index (κ1) is 30.4. The van der Waals surface area contributed by atoms with E-state index in [0.717, 1.165) is 29.9 Å². The Morgan fingerprint density at radius 3 is 2.35 bits per heavy atom. The predicted molar refractivity (Wildman–Crippen MR) is 182 cm³/mol. The standard InChI is InChI=1S/C39H46N4/c1-4-7-22-31(19-6-3)37-40-38(32-23-15-12-16-24-32)42-39(41-37)43-35-27-18-17-26-34(35)33(25-8-5-2)36(43)29-28-30-20-13-10-9-11-14-21-30/h4,6-7,12,15-19,22-24,26-27,30H,1,3,5,8-11,13-14,20-21,25,28-29H2,2H3/b22-7-,31-19+. The molecule has 4 heteroatoms. The van der Waals surface area contributed by atoms with Crippen LogP contribution in [-0.4, -0.2) is 19.5 Å². The highest BCUT2D eigenvalue weighted by Gasteiger charge is 2.23. The lowest BCUT2D eigenvalue weighted by Gasteiger charge is -2.20. The van der Waals surface area contributed by atoms with Gasteiger partial charge in [0.15, 0.2) is 11.6 Å². The van der Waals surface area contributed by atoms with Crippen LogP contribution in [0.2, 0.25) is 0 Å². The van der Waals surface area contributed by atoms with Crippen molar-refractivity contribution in [3.63, 3.8) is 0 Å². The fourth-order valence-electron chi connectivity index (χ4n) is 6.47. The minimum Gasteiger partial charge on any atom is -0.282 e. The molecule has 0 amide bonds. The Labute approximate surface area is 258 Å². The molecule has 2 aromatic heterocycles. The zero-order valence-electron chi connectivity index (χ0n) is 25.8. The average molecular weight is 571 g/mol. The summed E-state index contributed by atoms with van der Waals surface area (Å²) >= 11 is 0. The number of hydrogen-bond donors (Lipinski definition) is 0. The van der Waals surface area contributed by atoms with E-state index in [9.17, 15) is 0 Å². The van der Waals surface area contributed by atoms with Crippen LogP contribution < -0.4 is 0 Å². The second-order valence-corrected chi connectivity index (χ2v) is 11.7. The first-order valence-electron chi connectivity index (χ1n) is 16.3. The van der Waals surface area contributed by atoms with Gasteiger partial charge in [0.05, 0.1) is 5.52 Å². The van der Waals surface area contributed by atoms with E-state index < -0.39 is 0 Å². The molecule has 4 nitrogen and oxygen atoms in total. The van der Waals surface area contributed by atoms with Gasteiger partial charge in [0.2, 0.25) is 5.95 Å². The van der Waals surface area contributed by atoms with Crippen molar-refractivity contribution in [2.24, 2.45) is 5.92 Å². The minimum atomic E-state index is 0.626. The molecule has 1 saturated carbocycles. The first-order chi connectivity index (χ1) is 21.2. The second kappa shape index (κ2) is 15.4. The summed E-state index contributed by atoms with van der Waals surface area (Å²) in [5.74, 6) is 2.75. The monoisotopic (exact) mass is 570 g/mol. The molecule has 2 heterocycles. The molecule has 1 aliphatic carbocycles. The van der Waals surface area contributed by atoms with Gasteiger partial charge < -0.3 is 0 Å². The molecule has 0 aliphatic heterocycles. The Morgan fingerprint density at radius 1 is 0.860 bits per heavy atom. The fraction of sp³-hybridized carbons (Fsp3) is 0.359. The Morgan fingerprint density at radius 2 is 1.60 bits per heavy atom. The van der Waals surface area contributed by atoms with Gasteiger partial charge in [-0.1, -0.05) is 150 Å². The maximum atomic E-state index is 5.17. The van der Waals surface area contributed by atoms with Gasteiger partial charge >= 0.3 is 0 Å². The van der Waals surface area contributed by atoms with Gasteiger partial charge in [0, 0.05) is 22.2 Å². The Balaban J connectivity index is 1.70. The zero-order chi connectivity index (χ0) is 29.9. The van der Waals surface area contributed by atoms with Crippen LogP contribution in [0, 0.1) is 5.92 Å². The number of fused-ring (bicyclic) bond motifs is 1. The van der Waals surface area contributed by atoms with Crippen LogP contribution in [0.25, 0.3) is 33.8 Å². The van der Waals surface area contributed by atoms with Gasteiger partial charge in [-0.3, -0.25) is 4.57 Å². The van der Waals surface area contributed by atoms with Crippen LogP contribution in [0.1, 0.15) is 88.2 Å². The smallest absolute Gasteiger partial charge is 0.238 e. The van der Waals surface area contributed by atoms with Gasteiger partial charge in [-0.15, -0.1) is 0 Å². The van der Waals surface area contributed by atoms with Crippen LogP contribution in [0.3, 0.4) is 0 Å². The van der Waals surface area contributed by atoms with Gasteiger partial charge in [-0.05, 0) is 43.2 Å². The lowest BCUT2D eigenvalue weighted by Crippen LogP contribution is -2.13. The molecule has 1 aliphatic rings. The van der Waals surface area contributed by atoms with Gasteiger partial charge in [-0.2, -0.15) is 9.97 Å². The lowest BCUT2D eigenvalue weighted by atomic mass is 9.87. The minimum absolute atomic E-state index is 0.626. The van der Waals surface area contributed by atoms with Crippen LogP contribution in [0.5, 0.6) is 0 Å². The Bertz CT molecular complexity index is 1570. The van der Waals surface area contributed by atoms with Crippen molar-refractivity contribution in [1.82, 2.24) is 19.5 Å². The largest absolute Gasteiger partial charge is 0.282 e.